The summed E-state index contributed by atoms with van der Waals surface area (Å²) in [4.78, 5) is 10.6. The molecule has 0 aliphatic heterocycles. The van der Waals surface area contributed by atoms with Crippen LogP contribution < -0.4 is 4.74 Å². The molecule has 1 aromatic carbocycles. The molecular formula is C12H11F3O2. The Morgan fingerprint density at radius 2 is 2.00 bits per heavy atom. The van der Waals surface area contributed by atoms with E-state index in [1.807, 2.05) is 0 Å². The van der Waals surface area contributed by atoms with Gasteiger partial charge in [0.15, 0.2) is 0 Å². The molecule has 5 heteroatoms. The fourth-order valence-corrected chi connectivity index (χ4v) is 1.72. The zero-order valence-corrected chi connectivity index (χ0v) is 8.96. The Hall–Kier alpha value is -1.52. The highest BCUT2D eigenvalue weighted by atomic mass is 19.4. The summed E-state index contributed by atoms with van der Waals surface area (Å²) >= 11 is 0. The lowest BCUT2D eigenvalue weighted by atomic mass is 10.1. The SMILES string of the molecule is O=Cc1cc(CC2CC2)cc(OC(F)(F)F)c1. The Morgan fingerprint density at radius 1 is 1.29 bits per heavy atom. The van der Waals surface area contributed by atoms with Crippen molar-refractivity contribution in [1.29, 1.82) is 0 Å². The first-order valence-corrected chi connectivity index (χ1v) is 5.31. The van der Waals surface area contributed by atoms with Crippen molar-refractivity contribution in [2.75, 3.05) is 0 Å². The van der Waals surface area contributed by atoms with E-state index < -0.39 is 6.36 Å². The second-order valence-corrected chi connectivity index (χ2v) is 4.22. The third-order valence-corrected chi connectivity index (χ3v) is 2.58. The van der Waals surface area contributed by atoms with Crippen LogP contribution in [-0.2, 0) is 6.42 Å². The monoisotopic (exact) mass is 244 g/mol. The summed E-state index contributed by atoms with van der Waals surface area (Å²) in [6, 6.07) is 4.05. The Morgan fingerprint density at radius 3 is 2.53 bits per heavy atom. The molecule has 0 unspecified atom stereocenters. The van der Waals surface area contributed by atoms with E-state index in [0.717, 1.165) is 24.5 Å². The predicted octanol–water partition coefficient (Wildman–Crippen LogP) is 3.35. The van der Waals surface area contributed by atoms with Gasteiger partial charge in [-0.1, -0.05) is 0 Å². The topological polar surface area (TPSA) is 26.3 Å². The van der Waals surface area contributed by atoms with Gasteiger partial charge in [-0.3, -0.25) is 4.79 Å². The highest BCUT2D eigenvalue weighted by molar-refractivity contribution is 5.76. The van der Waals surface area contributed by atoms with E-state index in [2.05, 4.69) is 4.74 Å². The van der Waals surface area contributed by atoms with Crippen LogP contribution in [0.3, 0.4) is 0 Å². The van der Waals surface area contributed by atoms with Gasteiger partial charge in [0.25, 0.3) is 0 Å². The number of benzene rings is 1. The standard InChI is InChI=1S/C12H11F3O2/c13-12(14,15)17-11-5-9(3-8-1-2-8)4-10(6-11)7-16/h4-8H,1-3H2. The lowest BCUT2D eigenvalue weighted by Gasteiger charge is -2.11. The van der Waals surface area contributed by atoms with E-state index in [1.165, 1.54) is 6.07 Å². The van der Waals surface area contributed by atoms with E-state index >= 15 is 0 Å². The van der Waals surface area contributed by atoms with Crippen LogP contribution in [0, 0.1) is 5.92 Å². The van der Waals surface area contributed by atoms with Crippen LogP contribution in [0.4, 0.5) is 13.2 Å². The maximum absolute atomic E-state index is 12.1. The predicted molar refractivity (Wildman–Crippen MR) is 54.9 cm³/mol. The first-order chi connectivity index (χ1) is 7.96. The molecule has 92 valence electrons. The number of ether oxygens (including phenoxy) is 1. The average molecular weight is 244 g/mol. The Balaban J connectivity index is 2.21. The van der Waals surface area contributed by atoms with Crippen molar-refractivity contribution in [3.8, 4) is 5.75 Å². The van der Waals surface area contributed by atoms with Crippen LogP contribution in [0.15, 0.2) is 18.2 Å². The first kappa shape index (κ1) is 12.0. The highest BCUT2D eigenvalue weighted by Gasteiger charge is 2.31. The summed E-state index contributed by atoms with van der Waals surface area (Å²) in [5, 5.41) is 0. The summed E-state index contributed by atoms with van der Waals surface area (Å²) in [6.45, 7) is 0. The Kier molecular flexibility index (Phi) is 3.09. The smallest absolute Gasteiger partial charge is 0.406 e. The van der Waals surface area contributed by atoms with Crippen LogP contribution in [0.1, 0.15) is 28.8 Å². The maximum Gasteiger partial charge on any atom is 0.573 e. The van der Waals surface area contributed by atoms with Crippen LogP contribution in [0.25, 0.3) is 0 Å². The van der Waals surface area contributed by atoms with Crippen LogP contribution in [-0.4, -0.2) is 12.6 Å². The van der Waals surface area contributed by atoms with Crippen molar-refractivity contribution < 1.29 is 22.7 Å². The van der Waals surface area contributed by atoms with Crippen LogP contribution in [0.2, 0.25) is 0 Å². The van der Waals surface area contributed by atoms with Crippen molar-refractivity contribution in [1.82, 2.24) is 0 Å². The maximum atomic E-state index is 12.1. The van der Waals surface area contributed by atoms with Gasteiger partial charge in [0.1, 0.15) is 12.0 Å². The van der Waals surface area contributed by atoms with E-state index in [4.69, 9.17) is 0 Å². The minimum Gasteiger partial charge on any atom is -0.406 e. The zero-order valence-electron chi connectivity index (χ0n) is 8.96. The molecule has 0 N–H and O–H groups in total. The molecular weight excluding hydrogens is 233 g/mol. The number of halogens is 3. The van der Waals surface area contributed by atoms with Gasteiger partial charge < -0.3 is 4.74 Å². The summed E-state index contributed by atoms with van der Waals surface area (Å²) in [5.74, 6) is 0.216. The second kappa shape index (κ2) is 4.39. The van der Waals surface area contributed by atoms with Crippen LogP contribution >= 0.6 is 0 Å². The normalized spacial score (nSPS) is 15.7. The minimum atomic E-state index is -4.72. The van der Waals surface area contributed by atoms with Crippen molar-refractivity contribution in [2.45, 2.75) is 25.6 Å². The summed E-state index contributed by atoms with van der Waals surface area (Å²) in [5.41, 5.74) is 0.929. The first-order valence-electron chi connectivity index (χ1n) is 5.31. The molecule has 1 aliphatic rings. The molecule has 0 saturated heterocycles. The molecule has 0 atom stereocenters. The van der Waals surface area contributed by atoms with Gasteiger partial charge in [-0.25, -0.2) is 0 Å². The molecule has 2 rings (SSSR count). The molecule has 2 nitrogen and oxygen atoms in total. The average Bonchev–Trinajstić information content (AvgIpc) is 2.98. The third-order valence-electron chi connectivity index (χ3n) is 2.58. The van der Waals surface area contributed by atoms with Crippen LogP contribution in [0.5, 0.6) is 5.75 Å². The quantitative estimate of drug-likeness (QED) is 0.759. The van der Waals surface area contributed by atoms with Gasteiger partial charge in [-0.15, -0.1) is 13.2 Å². The largest absolute Gasteiger partial charge is 0.573 e. The van der Waals surface area contributed by atoms with Crippen molar-refractivity contribution in [3.05, 3.63) is 29.3 Å². The van der Waals surface area contributed by atoms with Crippen molar-refractivity contribution in [3.63, 3.8) is 0 Å². The van der Waals surface area contributed by atoms with E-state index in [9.17, 15) is 18.0 Å². The Bertz CT molecular complexity index is 422. The summed E-state index contributed by atoms with van der Waals surface area (Å²) in [6.07, 6.45) is -1.30. The number of carbonyl (C=O) groups is 1. The number of aldehydes is 1. The molecule has 0 radical (unpaired) electrons. The molecule has 1 fully saturated rings. The number of carbonyl (C=O) groups excluding carboxylic acids is 1. The number of hydrogen-bond acceptors (Lipinski definition) is 2. The van der Waals surface area contributed by atoms with Crippen molar-refractivity contribution >= 4 is 6.29 Å². The molecule has 0 amide bonds. The van der Waals surface area contributed by atoms with Gasteiger partial charge in [-0.05, 0) is 48.9 Å². The van der Waals surface area contributed by atoms with Gasteiger partial charge in [0.2, 0.25) is 0 Å². The lowest BCUT2D eigenvalue weighted by molar-refractivity contribution is -0.274. The Labute approximate surface area is 96.4 Å². The zero-order chi connectivity index (χ0) is 12.5. The lowest BCUT2D eigenvalue weighted by Crippen LogP contribution is -2.17. The van der Waals surface area contributed by atoms with Crippen molar-refractivity contribution in [2.24, 2.45) is 5.92 Å². The summed E-state index contributed by atoms with van der Waals surface area (Å²) < 4.78 is 40.0. The fraction of sp³-hybridized carbons (Fsp3) is 0.417. The molecule has 0 aromatic heterocycles. The molecule has 1 aliphatic carbocycles. The number of rotatable bonds is 4. The summed E-state index contributed by atoms with van der Waals surface area (Å²) in [7, 11) is 0. The van der Waals surface area contributed by atoms with Gasteiger partial charge in [0, 0.05) is 5.56 Å². The third kappa shape index (κ3) is 3.76. The van der Waals surface area contributed by atoms with E-state index in [-0.39, 0.29) is 11.3 Å². The van der Waals surface area contributed by atoms with Gasteiger partial charge >= 0.3 is 6.36 Å². The van der Waals surface area contributed by atoms with E-state index in [1.54, 1.807) is 6.07 Å². The minimum absolute atomic E-state index is 0.211. The van der Waals surface area contributed by atoms with Gasteiger partial charge in [0.05, 0.1) is 0 Å². The molecule has 1 saturated carbocycles. The van der Waals surface area contributed by atoms with E-state index in [0.29, 0.717) is 18.6 Å². The number of alkyl halides is 3. The highest BCUT2D eigenvalue weighted by Crippen LogP contribution is 2.34. The fourth-order valence-electron chi connectivity index (χ4n) is 1.72. The molecule has 17 heavy (non-hydrogen) atoms. The molecule has 1 aromatic rings. The molecule has 0 bridgehead atoms. The number of hydrogen-bond donors (Lipinski definition) is 0. The molecule has 0 spiro atoms. The molecule has 0 heterocycles. The van der Waals surface area contributed by atoms with Gasteiger partial charge in [-0.2, -0.15) is 0 Å². The second-order valence-electron chi connectivity index (χ2n) is 4.22.